The second-order valence-electron chi connectivity index (χ2n) is 8.75. The molecule has 1 heteroatoms. The Morgan fingerprint density at radius 3 is 1.97 bits per heavy atom. The van der Waals surface area contributed by atoms with Gasteiger partial charge in [-0.05, 0) is 71.7 Å². The Morgan fingerprint density at radius 2 is 1.16 bits per heavy atom. The molecule has 1 heterocycles. The minimum atomic E-state index is 1.01. The Kier molecular flexibility index (Phi) is 4.81. The molecule has 0 amide bonds. The number of pyridine rings is 1. The maximum atomic E-state index is 5.23. The normalized spacial score (nSPS) is 13.1. The molecule has 4 aromatic carbocycles. The molecule has 0 saturated heterocycles. The lowest BCUT2D eigenvalue weighted by Crippen LogP contribution is -2.02. The number of aromatic nitrogens is 1. The van der Waals surface area contributed by atoms with Crippen LogP contribution in [0, 0.1) is 0 Å². The first-order valence-corrected chi connectivity index (χ1v) is 11.5. The van der Waals surface area contributed by atoms with Crippen molar-refractivity contribution in [2.75, 3.05) is 0 Å². The molecule has 5 aromatic rings. The number of nitrogens with zero attached hydrogens (tertiary/aromatic N) is 1. The van der Waals surface area contributed by atoms with Crippen molar-refractivity contribution in [2.24, 2.45) is 0 Å². The highest BCUT2D eigenvalue weighted by Gasteiger charge is 2.16. The van der Waals surface area contributed by atoms with Crippen molar-refractivity contribution in [1.82, 2.24) is 4.98 Å². The number of fused-ring (bicyclic) bond motifs is 1. The molecule has 0 spiro atoms. The highest BCUT2D eigenvalue weighted by Crippen LogP contribution is 2.36. The Balaban J connectivity index is 1.57. The van der Waals surface area contributed by atoms with E-state index in [2.05, 4.69) is 103 Å². The third-order valence-electron chi connectivity index (χ3n) is 6.65. The fraction of sp³-hybridized carbons (Fsp3) is 0.129. The second kappa shape index (κ2) is 8.09. The Morgan fingerprint density at radius 1 is 0.500 bits per heavy atom. The van der Waals surface area contributed by atoms with Gasteiger partial charge in [0, 0.05) is 16.5 Å². The van der Waals surface area contributed by atoms with Crippen LogP contribution >= 0.6 is 0 Å². The van der Waals surface area contributed by atoms with Crippen molar-refractivity contribution >= 4 is 10.9 Å². The van der Waals surface area contributed by atoms with Gasteiger partial charge < -0.3 is 0 Å². The molecule has 1 aromatic heterocycles. The van der Waals surface area contributed by atoms with Gasteiger partial charge in [0.2, 0.25) is 0 Å². The monoisotopic (exact) mass is 411 g/mol. The molecule has 9 rings (SSSR count). The van der Waals surface area contributed by atoms with Gasteiger partial charge in [0.1, 0.15) is 0 Å². The molecule has 0 aliphatic heterocycles. The lowest BCUT2D eigenvalue weighted by atomic mass is 9.89. The van der Waals surface area contributed by atoms with Crippen molar-refractivity contribution in [3.05, 3.63) is 125 Å². The molecule has 4 aliphatic carbocycles. The summed E-state index contributed by atoms with van der Waals surface area (Å²) in [6.45, 7) is 0. The van der Waals surface area contributed by atoms with Crippen LogP contribution in [0.1, 0.15) is 22.3 Å². The van der Waals surface area contributed by atoms with Crippen LogP contribution in [-0.4, -0.2) is 4.98 Å². The van der Waals surface area contributed by atoms with E-state index in [0.29, 0.717) is 0 Å². The lowest BCUT2D eigenvalue weighted by molar-refractivity contribution is 0.922. The molecule has 0 N–H and O–H groups in total. The molecule has 32 heavy (non-hydrogen) atoms. The molecular formula is C31H25N. The average molecular weight is 412 g/mol. The zero-order valence-electron chi connectivity index (χ0n) is 18.1. The van der Waals surface area contributed by atoms with Gasteiger partial charge >= 0.3 is 0 Å². The zero-order chi connectivity index (χ0) is 21.3. The molecule has 0 radical (unpaired) electrons. The van der Waals surface area contributed by atoms with Crippen molar-refractivity contribution in [3.8, 4) is 22.4 Å². The summed E-state index contributed by atoms with van der Waals surface area (Å²) in [5.74, 6) is 0. The molecule has 1 nitrogen and oxygen atoms in total. The third kappa shape index (κ3) is 3.61. The fourth-order valence-electron chi connectivity index (χ4n) is 4.82. The summed E-state index contributed by atoms with van der Waals surface area (Å²) in [5.41, 5.74) is 11.4. The van der Waals surface area contributed by atoms with E-state index in [9.17, 15) is 0 Å². The second-order valence-corrected chi connectivity index (χ2v) is 8.75. The van der Waals surface area contributed by atoms with Gasteiger partial charge in [0.05, 0.1) is 11.2 Å². The van der Waals surface area contributed by atoms with E-state index in [-0.39, 0.29) is 0 Å². The van der Waals surface area contributed by atoms with Crippen molar-refractivity contribution in [1.29, 1.82) is 0 Å². The van der Waals surface area contributed by atoms with Gasteiger partial charge in [-0.3, -0.25) is 0 Å². The van der Waals surface area contributed by atoms with Crippen molar-refractivity contribution in [2.45, 2.75) is 25.7 Å². The summed E-state index contributed by atoms with van der Waals surface area (Å²) in [6, 6.07) is 37.7. The van der Waals surface area contributed by atoms with Crippen LogP contribution in [0.5, 0.6) is 0 Å². The highest BCUT2D eigenvalue weighted by molar-refractivity contribution is 5.92. The van der Waals surface area contributed by atoms with Crippen LogP contribution in [0.2, 0.25) is 0 Å². The summed E-state index contributed by atoms with van der Waals surface area (Å²) in [7, 11) is 0. The Hall–Kier alpha value is -3.71. The summed E-state index contributed by atoms with van der Waals surface area (Å²) >= 11 is 0. The molecule has 0 unspecified atom stereocenters. The van der Waals surface area contributed by atoms with Crippen LogP contribution in [0.25, 0.3) is 33.3 Å². The molecule has 154 valence electrons. The number of para-hydroxylation sites is 1. The van der Waals surface area contributed by atoms with Crippen LogP contribution in [-0.2, 0) is 25.7 Å². The summed E-state index contributed by atoms with van der Waals surface area (Å²) < 4.78 is 0. The van der Waals surface area contributed by atoms with Gasteiger partial charge in [-0.15, -0.1) is 0 Å². The van der Waals surface area contributed by atoms with Crippen molar-refractivity contribution in [3.63, 3.8) is 0 Å². The topological polar surface area (TPSA) is 12.9 Å². The van der Waals surface area contributed by atoms with Crippen LogP contribution in [0.4, 0.5) is 0 Å². The van der Waals surface area contributed by atoms with Crippen molar-refractivity contribution < 1.29 is 0 Å². The molecule has 4 aliphatic rings. The smallest absolute Gasteiger partial charge is 0.0790 e. The molecule has 4 bridgehead atoms. The number of aryl methyl sites for hydroxylation is 4. The Labute approximate surface area is 189 Å². The highest BCUT2D eigenvalue weighted by atomic mass is 14.7. The molecular weight excluding hydrogens is 386 g/mol. The lowest BCUT2D eigenvalue weighted by Gasteiger charge is -2.17. The number of rotatable bonds is 2. The summed E-state index contributed by atoms with van der Waals surface area (Å²) in [6.07, 6.45) is 4.16. The molecule has 0 saturated carbocycles. The Bertz CT molecular complexity index is 1400. The maximum Gasteiger partial charge on any atom is 0.0790 e. The SMILES string of the molecule is c1ccc(-c2cc3ccccc3nc2-c2cc3ccc2CCc2ccc(cc2)CC3)cc1. The average Bonchev–Trinajstić information content (AvgIpc) is 2.85. The first-order valence-electron chi connectivity index (χ1n) is 11.5. The van der Waals surface area contributed by atoms with Crippen LogP contribution < -0.4 is 0 Å². The van der Waals surface area contributed by atoms with E-state index in [1.807, 2.05) is 0 Å². The van der Waals surface area contributed by atoms with E-state index in [4.69, 9.17) is 4.98 Å². The molecule has 0 fully saturated rings. The van der Waals surface area contributed by atoms with E-state index in [1.165, 1.54) is 44.3 Å². The summed E-state index contributed by atoms with van der Waals surface area (Å²) in [5, 5.41) is 1.18. The standard InChI is InChI=1S/C31H25N/c1-2-6-25(7-3-1)29-21-27-8-4-5-9-30(27)32-31(29)28-20-24-15-14-22-10-12-23(13-11-22)16-18-26(28)19-17-24/h1-13,17,19-21H,14-16,18H2. The van der Waals surface area contributed by atoms with E-state index in [1.54, 1.807) is 0 Å². The minimum absolute atomic E-state index is 1.01. The van der Waals surface area contributed by atoms with Gasteiger partial charge in [-0.2, -0.15) is 0 Å². The maximum absolute atomic E-state index is 5.23. The first-order chi connectivity index (χ1) is 15.8. The quantitative estimate of drug-likeness (QED) is 0.294. The number of benzene rings is 4. The third-order valence-corrected chi connectivity index (χ3v) is 6.65. The zero-order valence-corrected chi connectivity index (χ0v) is 18.1. The predicted molar refractivity (Wildman–Crippen MR) is 134 cm³/mol. The van der Waals surface area contributed by atoms with E-state index in [0.717, 1.165) is 36.9 Å². The largest absolute Gasteiger partial charge is 0.247 e. The summed E-state index contributed by atoms with van der Waals surface area (Å²) in [4.78, 5) is 5.23. The van der Waals surface area contributed by atoms with Gasteiger partial charge in [0.15, 0.2) is 0 Å². The minimum Gasteiger partial charge on any atom is -0.247 e. The van der Waals surface area contributed by atoms with Crippen LogP contribution in [0.3, 0.4) is 0 Å². The first kappa shape index (κ1) is 19.0. The number of hydrogen-bond acceptors (Lipinski definition) is 1. The van der Waals surface area contributed by atoms with Gasteiger partial charge in [-0.25, -0.2) is 4.98 Å². The van der Waals surface area contributed by atoms with Gasteiger partial charge in [-0.1, -0.05) is 84.9 Å². The number of hydrogen-bond donors (Lipinski definition) is 0. The van der Waals surface area contributed by atoms with Crippen LogP contribution in [0.15, 0.2) is 103 Å². The molecule has 0 atom stereocenters. The predicted octanol–water partition coefficient (Wildman–Crippen LogP) is 7.45. The van der Waals surface area contributed by atoms with Gasteiger partial charge in [0.25, 0.3) is 0 Å². The van der Waals surface area contributed by atoms with E-state index < -0.39 is 0 Å². The van der Waals surface area contributed by atoms with E-state index >= 15 is 0 Å². The fourth-order valence-corrected chi connectivity index (χ4v) is 4.82.